The van der Waals surface area contributed by atoms with Gasteiger partial charge in [-0.05, 0) is 30.9 Å². The first-order chi connectivity index (χ1) is 6.63. The van der Waals surface area contributed by atoms with Crippen LogP contribution in [0.15, 0.2) is 12.1 Å². The molecule has 0 aliphatic carbocycles. The molecule has 0 aliphatic heterocycles. The van der Waals surface area contributed by atoms with E-state index in [1.165, 1.54) is 0 Å². The third-order valence-corrected chi connectivity index (χ3v) is 2.40. The summed E-state index contributed by atoms with van der Waals surface area (Å²) in [5.41, 5.74) is 1.66. The average Bonchev–Trinajstić information content (AvgIpc) is 2.15. The van der Waals surface area contributed by atoms with E-state index in [0.29, 0.717) is 16.1 Å². The quantitative estimate of drug-likeness (QED) is 0.771. The largest absolute Gasteiger partial charge is 0.349 e. The molecule has 1 rings (SSSR count). The van der Waals surface area contributed by atoms with Gasteiger partial charge in [0.25, 0.3) is 0 Å². The molecule has 0 bridgehead atoms. The van der Waals surface area contributed by atoms with E-state index in [1.54, 1.807) is 6.07 Å². The monoisotopic (exact) mass is 206 g/mol. The maximum Gasteiger partial charge on any atom is 0.121 e. The van der Waals surface area contributed by atoms with Gasteiger partial charge in [-0.25, -0.2) is 0 Å². The van der Waals surface area contributed by atoms with E-state index in [0.717, 1.165) is 18.5 Å². The SMILES string of the molecule is CC(C)CCc1ccc(C#N)c(=S)[nH]1. The summed E-state index contributed by atoms with van der Waals surface area (Å²) in [6.07, 6.45) is 2.13. The van der Waals surface area contributed by atoms with E-state index in [1.807, 2.05) is 6.07 Å². The highest BCUT2D eigenvalue weighted by Crippen LogP contribution is 2.08. The Labute approximate surface area is 89.6 Å². The van der Waals surface area contributed by atoms with Crippen molar-refractivity contribution >= 4 is 12.2 Å². The Morgan fingerprint density at radius 1 is 1.50 bits per heavy atom. The van der Waals surface area contributed by atoms with Crippen molar-refractivity contribution in [2.45, 2.75) is 26.7 Å². The molecule has 74 valence electrons. The van der Waals surface area contributed by atoms with Crippen molar-refractivity contribution in [3.8, 4) is 6.07 Å². The number of nitrogens with zero attached hydrogens (tertiary/aromatic N) is 1. The normalized spacial score (nSPS) is 10.1. The number of aryl methyl sites for hydroxylation is 1. The molecule has 1 aromatic rings. The maximum atomic E-state index is 8.69. The number of hydrogen-bond donors (Lipinski definition) is 1. The van der Waals surface area contributed by atoms with Crippen molar-refractivity contribution in [1.29, 1.82) is 5.26 Å². The summed E-state index contributed by atoms with van der Waals surface area (Å²) in [5.74, 6) is 0.688. The number of rotatable bonds is 3. The fraction of sp³-hybridized carbons (Fsp3) is 0.455. The van der Waals surface area contributed by atoms with Crippen LogP contribution in [0.3, 0.4) is 0 Å². The highest BCUT2D eigenvalue weighted by atomic mass is 32.1. The highest BCUT2D eigenvalue weighted by Gasteiger charge is 1.99. The summed E-state index contributed by atoms with van der Waals surface area (Å²) in [6.45, 7) is 4.39. The summed E-state index contributed by atoms with van der Waals surface area (Å²) in [6, 6.07) is 5.78. The minimum absolute atomic E-state index is 0.549. The van der Waals surface area contributed by atoms with E-state index in [-0.39, 0.29) is 0 Å². The Morgan fingerprint density at radius 3 is 2.71 bits per heavy atom. The number of hydrogen-bond acceptors (Lipinski definition) is 2. The van der Waals surface area contributed by atoms with Crippen molar-refractivity contribution in [2.24, 2.45) is 5.92 Å². The molecule has 3 heteroatoms. The average molecular weight is 206 g/mol. The first-order valence-corrected chi connectivity index (χ1v) is 5.16. The molecule has 0 fully saturated rings. The lowest BCUT2D eigenvalue weighted by Crippen LogP contribution is -1.96. The number of pyridine rings is 1. The number of nitriles is 1. The molecular weight excluding hydrogens is 192 g/mol. The molecule has 0 radical (unpaired) electrons. The van der Waals surface area contributed by atoms with Gasteiger partial charge in [0.05, 0.1) is 5.56 Å². The fourth-order valence-corrected chi connectivity index (χ4v) is 1.44. The van der Waals surface area contributed by atoms with Gasteiger partial charge in [-0.15, -0.1) is 0 Å². The van der Waals surface area contributed by atoms with Crippen molar-refractivity contribution in [3.05, 3.63) is 28.0 Å². The van der Waals surface area contributed by atoms with Crippen LogP contribution in [0.2, 0.25) is 0 Å². The van der Waals surface area contributed by atoms with Crippen molar-refractivity contribution < 1.29 is 0 Å². The first kappa shape index (κ1) is 10.9. The molecule has 0 aliphatic rings. The molecular formula is C11H14N2S. The fourth-order valence-electron chi connectivity index (χ4n) is 1.19. The van der Waals surface area contributed by atoms with Crippen LogP contribution in [-0.4, -0.2) is 4.98 Å². The Hall–Kier alpha value is -1.14. The topological polar surface area (TPSA) is 39.6 Å². The molecule has 0 saturated heterocycles. The molecule has 0 amide bonds. The second-order valence-electron chi connectivity index (χ2n) is 3.77. The first-order valence-electron chi connectivity index (χ1n) is 4.75. The van der Waals surface area contributed by atoms with Crippen molar-refractivity contribution in [3.63, 3.8) is 0 Å². The molecule has 0 spiro atoms. The lowest BCUT2D eigenvalue weighted by atomic mass is 10.1. The van der Waals surface area contributed by atoms with E-state index in [4.69, 9.17) is 17.5 Å². The third kappa shape index (κ3) is 2.97. The summed E-state index contributed by atoms with van der Waals surface area (Å²) in [4.78, 5) is 3.07. The van der Waals surface area contributed by atoms with Crippen LogP contribution in [0, 0.1) is 21.9 Å². The number of H-pyrrole nitrogens is 1. The molecule has 0 aromatic carbocycles. The molecule has 14 heavy (non-hydrogen) atoms. The predicted molar refractivity (Wildman–Crippen MR) is 59.5 cm³/mol. The van der Waals surface area contributed by atoms with Crippen LogP contribution < -0.4 is 0 Å². The molecule has 0 unspecified atom stereocenters. The van der Waals surface area contributed by atoms with Gasteiger partial charge in [0.15, 0.2) is 0 Å². The van der Waals surface area contributed by atoms with E-state index in [2.05, 4.69) is 24.9 Å². The van der Waals surface area contributed by atoms with Crippen LogP contribution in [0.4, 0.5) is 0 Å². The Kier molecular flexibility index (Phi) is 3.84. The third-order valence-electron chi connectivity index (χ3n) is 2.08. The molecule has 1 N–H and O–H groups in total. The molecule has 0 atom stereocenters. The van der Waals surface area contributed by atoms with Gasteiger partial charge >= 0.3 is 0 Å². The van der Waals surface area contributed by atoms with Crippen LogP contribution in [0.5, 0.6) is 0 Å². The van der Waals surface area contributed by atoms with E-state index >= 15 is 0 Å². The zero-order valence-electron chi connectivity index (χ0n) is 8.50. The molecule has 2 nitrogen and oxygen atoms in total. The minimum Gasteiger partial charge on any atom is -0.349 e. The summed E-state index contributed by atoms with van der Waals surface area (Å²) in [5, 5.41) is 8.69. The summed E-state index contributed by atoms with van der Waals surface area (Å²) in [7, 11) is 0. The van der Waals surface area contributed by atoms with Crippen LogP contribution in [-0.2, 0) is 6.42 Å². The molecule has 1 aromatic heterocycles. The van der Waals surface area contributed by atoms with Crippen molar-refractivity contribution in [1.82, 2.24) is 4.98 Å². The molecule has 1 heterocycles. The zero-order valence-corrected chi connectivity index (χ0v) is 9.32. The van der Waals surface area contributed by atoms with Crippen LogP contribution in [0.1, 0.15) is 31.5 Å². The smallest absolute Gasteiger partial charge is 0.121 e. The van der Waals surface area contributed by atoms with Gasteiger partial charge in [0.2, 0.25) is 0 Å². The summed E-state index contributed by atoms with van der Waals surface area (Å²) >= 11 is 5.04. The van der Waals surface area contributed by atoms with Gasteiger partial charge in [0.1, 0.15) is 10.7 Å². The van der Waals surface area contributed by atoms with Gasteiger partial charge < -0.3 is 4.98 Å². The number of aromatic amines is 1. The van der Waals surface area contributed by atoms with Crippen LogP contribution in [0.25, 0.3) is 0 Å². The minimum atomic E-state index is 0.549. The van der Waals surface area contributed by atoms with Crippen molar-refractivity contribution in [2.75, 3.05) is 0 Å². The van der Waals surface area contributed by atoms with Gasteiger partial charge in [0, 0.05) is 5.69 Å². The maximum absolute atomic E-state index is 8.69. The van der Waals surface area contributed by atoms with E-state index < -0.39 is 0 Å². The zero-order chi connectivity index (χ0) is 10.6. The number of aromatic nitrogens is 1. The standard InChI is InChI=1S/C11H14N2S/c1-8(2)3-5-10-6-4-9(7-12)11(14)13-10/h4,6,8H,3,5H2,1-2H3,(H,13,14). The molecule has 0 saturated carbocycles. The Balaban J connectivity index is 2.78. The lowest BCUT2D eigenvalue weighted by molar-refractivity contribution is 0.581. The van der Waals surface area contributed by atoms with E-state index in [9.17, 15) is 0 Å². The van der Waals surface area contributed by atoms with Gasteiger partial charge in [-0.1, -0.05) is 26.1 Å². The Morgan fingerprint density at radius 2 is 2.21 bits per heavy atom. The summed E-state index contributed by atoms with van der Waals surface area (Å²) < 4.78 is 0.550. The second kappa shape index (κ2) is 4.92. The van der Waals surface area contributed by atoms with Gasteiger partial charge in [-0.3, -0.25) is 0 Å². The second-order valence-corrected chi connectivity index (χ2v) is 4.18. The lowest BCUT2D eigenvalue weighted by Gasteiger charge is -2.04. The van der Waals surface area contributed by atoms with Gasteiger partial charge in [-0.2, -0.15) is 5.26 Å². The Bertz CT molecular complexity index is 398. The number of nitrogens with one attached hydrogen (secondary N) is 1. The van der Waals surface area contributed by atoms with Crippen LogP contribution >= 0.6 is 12.2 Å². The predicted octanol–water partition coefficient (Wildman–Crippen LogP) is 3.20. The highest BCUT2D eigenvalue weighted by molar-refractivity contribution is 7.71.